The van der Waals surface area contributed by atoms with E-state index in [9.17, 15) is 32.3 Å². The van der Waals surface area contributed by atoms with Crippen LogP contribution in [0, 0.1) is 12.7 Å². The summed E-state index contributed by atoms with van der Waals surface area (Å²) in [6.45, 7) is 5.77. The van der Waals surface area contributed by atoms with Crippen molar-refractivity contribution in [3.63, 3.8) is 0 Å². The van der Waals surface area contributed by atoms with Gasteiger partial charge in [0.25, 0.3) is 11.8 Å². The first-order chi connectivity index (χ1) is 18.9. The lowest BCUT2D eigenvalue weighted by molar-refractivity contribution is -0.138. The molecule has 218 valence electrons. The van der Waals surface area contributed by atoms with Crippen molar-refractivity contribution in [3.05, 3.63) is 50.5 Å². The van der Waals surface area contributed by atoms with E-state index in [1.807, 2.05) is 6.92 Å². The van der Waals surface area contributed by atoms with Gasteiger partial charge in [-0.25, -0.2) is 4.39 Å². The van der Waals surface area contributed by atoms with Crippen molar-refractivity contribution in [1.82, 2.24) is 14.8 Å². The summed E-state index contributed by atoms with van der Waals surface area (Å²) in [4.78, 5) is 32.4. The largest absolute Gasteiger partial charge is 0.419 e. The maximum atomic E-state index is 14.5. The number of piperidine rings is 1. The van der Waals surface area contributed by atoms with Crippen LogP contribution in [0.2, 0.25) is 0 Å². The highest BCUT2D eigenvalue weighted by Crippen LogP contribution is 2.42. The minimum atomic E-state index is -4.92. The first-order valence-electron chi connectivity index (χ1n) is 13.4. The van der Waals surface area contributed by atoms with Gasteiger partial charge in [0.05, 0.1) is 34.2 Å². The summed E-state index contributed by atoms with van der Waals surface area (Å²) in [6, 6.07) is 2.21. The molecule has 0 aliphatic carbocycles. The second-order valence-corrected chi connectivity index (χ2v) is 11.2. The summed E-state index contributed by atoms with van der Waals surface area (Å²) < 4.78 is 57.7. The minimum absolute atomic E-state index is 0.00167. The Labute approximate surface area is 238 Å². The third-order valence-corrected chi connectivity index (χ3v) is 7.89. The molecule has 2 aromatic rings. The Morgan fingerprint density at radius 1 is 1.23 bits per heavy atom. The lowest BCUT2D eigenvalue weighted by atomic mass is 10.0. The summed E-state index contributed by atoms with van der Waals surface area (Å²) >= 11 is 3.16. The molecule has 0 radical (unpaired) electrons. The predicted octanol–water partition coefficient (Wildman–Crippen LogP) is 5.83. The Morgan fingerprint density at radius 2 is 1.93 bits per heavy atom. The Morgan fingerprint density at radius 3 is 2.58 bits per heavy atom. The van der Waals surface area contributed by atoms with Gasteiger partial charge in [0.2, 0.25) is 0 Å². The van der Waals surface area contributed by atoms with Crippen molar-refractivity contribution < 1.29 is 32.3 Å². The van der Waals surface area contributed by atoms with Crippen molar-refractivity contribution in [2.45, 2.75) is 58.2 Å². The molecule has 1 fully saturated rings. The molecule has 0 saturated carbocycles. The van der Waals surface area contributed by atoms with Crippen LogP contribution in [-0.2, 0) is 11.0 Å². The van der Waals surface area contributed by atoms with Crippen LogP contribution in [0.15, 0.2) is 16.6 Å². The number of β-amino-alcohol motifs (C(OH)–C–C–N with tert-alkyl or cyclic N) is 1. The molecule has 1 saturated heterocycles. The van der Waals surface area contributed by atoms with Crippen LogP contribution >= 0.6 is 15.9 Å². The molecule has 2 amide bonds. The van der Waals surface area contributed by atoms with Crippen molar-refractivity contribution in [2.24, 2.45) is 0 Å². The first-order valence-corrected chi connectivity index (χ1v) is 14.2. The molecule has 2 aliphatic rings. The van der Waals surface area contributed by atoms with E-state index in [4.69, 9.17) is 0 Å². The van der Waals surface area contributed by atoms with Crippen molar-refractivity contribution in [2.75, 3.05) is 38.0 Å². The number of carbonyl (C=O) groups is 2. The average Bonchev–Trinajstić information content (AvgIpc) is 3.38. The zero-order chi connectivity index (χ0) is 29.2. The number of carbonyl (C=O) groups excluding carboxylic acids is 2. The molecule has 0 bridgehead atoms. The molecule has 1 unspecified atom stereocenters. The first kappa shape index (κ1) is 30.3. The molecule has 12 heteroatoms. The Hall–Kier alpha value is -2.70. The molecule has 4 rings (SSSR count). The number of rotatable bonds is 9. The van der Waals surface area contributed by atoms with E-state index in [0.717, 1.165) is 50.6 Å². The quantitative estimate of drug-likeness (QED) is 0.241. The number of H-pyrrole nitrogens is 1. The molecule has 2 aliphatic heterocycles. The van der Waals surface area contributed by atoms with Crippen molar-refractivity contribution in [3.8, 4) is 0 Å². The van der Waals surface area contributed by atoms with E-state index in [0.29, 0.717) is 13.0 Å². The number of nitrogens with zero attached hydrogens (tertiary/aromatic N) is 2. The lowest BCUT2D eigenvalue weighted by Gasteiger charge is -2.30. The molecule has 3 N–H and O–H groups in total. The summed E-state index contributed by atoms with van der Waals surface area (Å²) in [6.07, 6.45) is -0.571. The number of alkyl halides is 3. The number of halogens is 5. The molecule has 1 atom stereocenters. The van der Waals surface area contributed by atoms with Gasteiger partial charge in [0.1, 0.15) is 5.82 Å². The van der Waals surface area contributed by atoms with Crippen molar-refractivity contribution in [1.29, 1.82) is 0 Å². The van der Waals surface area contributed by atoms with E-state index in [2.05, 4.69) is 31.1 Å². The van der Waals surface area contributed by atoms with E-state index in [1.165, 1.54) is 11.8 Å². The Kier molecular flexibility index (Phi) is 9.41. The molecule has 40 heavy (non-hydrogen) atoms. The number of aryl methyl sites for hydroxylation is 1. The van der Waals surface area contributed by atoms with Gasteiger partial charge in [0.15, 0.2) is 0 Å². The van der Waals surface area contributed by atoms with Gasteiger partial charge in [0, 0.05) is 35.4 Å². The fraction of sp³-hybridized carbons (Fsp3) is 0.500. The van der Waals surface area contributed by atoms with Crippen molar-refractivity contribution >= 4 is 45.1 Å². The van der Waals surface area contributed by atoms with Crippen LogP contribution in [-0.4, -0.2) is 70.5 Å². The molecule has 1 aromatic carbocycles. The van der Waals surface area contributed by atoms with E-state index >= 15 is 0 Å². The SMILES string of the molecule is CCCN(CCC(O)CN1CCCCC1)C(=O)c1c(C)[nH]c(/C=C2\C(=O)Nc3c(Br)cc(F)cc32)c1C(F)(F)F. The fourth-order valence-electron chi connectivity index (χ4n) is 5.40. The molecule has 0 spiro atoms. The van der Waals surface area contributed by atoms with Gasteiger partial charge in [-0.3, -0.25) is 9.59 Å². The number of likely N-dealkylation sites (tertiary alicyclic amines) is 1. The van der Waals surface area contributed by atoms with Crippen LogP contribution in [0.3, 0.4) is 0 Å². The normalized spacial score (nSPS) is 17.7. The number of aromatic amines is 1. The van der Waals surface area contributed by atoms with Gasteiger partial charge in [-0.1, -0.05) is 13.3 Å². The minimum Gasteiger partial charge on any atom is -0.392 e. The lowest BCUT2D eigenvalue weighted by Crippen LogP contribution is -2.39. The second kappa shape index (κ2) is 12.4. The summed E-state index contributed by atoms with van der Waals surface area (Å²) in [5, 5.41) is 13.1. The fourth-order valence-corrected chi connectivity index (χ4v) is 5.93. The maximum Gasteiger partial charge on any atom is 0.419 e. The van der Waals surface area contributed by atoms with Gasteiger partial charge in [-0.2, -0.15) is 13.2 Å². The number of anilines is 1. The molecule has 7 nitrogen and oxygen atoms in total. The smallest absolute Gasteiger partial charge is 0.392 e. The van der Waals surface area contributed by atoms with Gasteiger partial charge >= 0.3 is 6.18 Å². The predicted molar refractivity (Wildman–Crippen MR) is 148 cm³/mol. The van der Waals surface area contributed by atoms with Crippen LogP contribution < -0.4 is 5.32 Å². The van der Waals surface area contributed by atoms with E-state index < -0.39 is 46.7 Å². The molecule has 1 aromatic heterocycles. The third kappa shape index (κ3) is 6.60. The van der Waals surface area contributed by atoms with Gasteiger partial charge < -0.3 is 25.2 Å². The topological polar surface area (TPSA) is 88.7 Å². The number of aliphatic hydroxyl groups excluding tert-OH is 1. The zero-order valence-electron chi connectivity index (χ0n) is 22.4. The highest BCUT2D eigenvalue weighted by molar-refractivity contribution is 9.10. The Bertz CT molecular complexity index is 1300. The third-order valence-electron chi connectivity index (χ3n) is 7.26. The molecular weight excluding hydrogens is 596 g/mol. The van der Waals surface area contributed by atoms with Crippen LogP contribution in [0.25, 0.3) is 11.6 Å². The number of benzene rings is 1. The summed E-state index contributed by atoms with van der Waals surface area (Å²) in [5.74, 6) is -2.16. The van der Waals surface area contributed by atoms with Gasteiger partial charge in [-0.15, -0.1) is 0 Å². The Balaban J connectivity index is 1.64. The second-order valence-electron chi connectivity index (χ2n) is 10.3. The zero-order valence-corrected chi connectivity index (χ0v) is 24.0. The number of hydrogen-bond donors (Lipinski definition) is 3. The molecule has 3 heterocycles. The van der Waals surface area contributed by atoms with Crippen LogP contribution in [0.1, 0.15) is 71.9 Å². The molecular formula is C28H33BrF4N4O3. The summed E-state index contributed by atoms with van der Waals surface area (Å²) in [7, 11) is 0. The highest BCUT2D eigenvalue weighted by Gasteiger charge is 2.42. The number of aromatic nitrogens is 1. The number of fused-ring (bicyclic) bond motifs is 1. The number of aliphatic hydroxyl groups is 1. The number of amides is 2. The van der Waals surface area contributed by atoms with Gasteiger partial charge in [-0.05, 0) is 79.8 Å². The maximum absolute atomic E-state index is 14.5. The number of nitrogens with one attached hydrogen (secondary N) is 2. The van der Waals surface area contributed by atoms with E-state index in [1.54, 1.807) is 0 Å². The monoisotopic (exact) mass is 628 g/mol. The standard InChI is InChI=1S/C28H33BrF4N4O3/c1-3-8-37(11-7-18(38)15-36-9-5-4-6-10-36)27(40)23-16(2)34-22(24(23)28(31,32)33)14-20-19-12-17(30)13-21(29)25(19)35-26(20)39/h12-14,18,34,38H,3-11,15H2,1-2H3,(H,35,39)/b20-14-. The summed E-state index contributed by atoms with van der Waals surface area (Å²) in [5.41, 5.74) is -1.98. The van der Waals surface area contributed by atoms with E-state index in [-0.39, 0.29) is 46.5 Å². The highest BCUT2D eigenvalue weighted by atomic mass is 79.9. The van der Waals surface area contributed by atoms with Crippen LogP contribution in [0.5, 0.6) is 0 Å². The number of hydrogen-bond acceptors (Lipinski definition) is 4. The average molecular weight is 629 g/mol. The van der Waals surface area contributed by atoms with Crippen LogP contribution in [0.4, 0.5) is 23.2 Å².